The number of rotatable bonds is 7. The van der Waals surface area contributed by atoms with Gasteiger partial charge in [0.25, 0.3) is 0 Å². The van der Waals surface area contributed by atoms with Crippen LogP contribution in [0.1, 0.15) is 23.6 Å². The molecular formula is C19H18ClNO2. The van der Waals surface area contributed by atoms with Gasteiger partial charge in [-0.1, -0.05) is 29.8 Å². The molecule has 0 amide bonds. The summed E-state index contributed by atoms with van der Waals surface area (Å²) in [6.45, 7) is 6.56. The van der Waals surface area contributed by atoms with Crippen LogP contribution in [0.4, 0.5) is 0 Å². The van der Waals surface area contributed by atoms with Crippen molar-refractivity contribution in [1.29, 1.82) is 5.26 Å². The molecule has 3 nitrogen and oxygen atoms in total. The molecule has 0 fully saturated rings. The van der Waals surface area contributed by atoms with Crippen LogP contribution in [0, 0.1) is 11.3 Å². The fourth-order valence-corrected chi connectivity index (χ4v) is 2.32. The highest BCUT2D eigenvalue weighted by Crippen LogP contribution is 2.34. The zero-order valence-corrected chi connectivity index (χ0v) is 13.8. The van der Waals surface area contributed by atoms with E-state index in [-0.39, 0.29) is 0 Å². The number of ether oxygens (including phenoxy) is 2. The van der Waals surface area contributed by atoms with E-state index < -0.39 is 0 Å². The SMILES string of the molecule is C=CCc1cc(C#N)cc(OCC)c1OCc1ccc(Cl)cc1. The summed E-state index contributed by atoms with van der Waals surface area (Å²) in [5, 5.41) is 9.85. The Labute approximate surface area is 141 Å². The summed E-state index contributed by atoms with van der Waals surface area (Å²) in [7, 11) is 0. The molecule has 0 aliphatic rings. The molecule has 0 saturated carbocycles. The van der Waals surface area contributed by atoms with Crippen molar-refractivity contribution in [2.45, 2.75) is 20.0 Å². The van der Waals surface area contributed by atoms with Gasteiger partial charge in [0.1, 0.15) is 6.61 Å². The largest absolute Gasteiger partial charge is 0.490 e. The first kappa shape index (κ1) is 16.9. The molecule has 0 aliphatic carbocycles. The van der Waals surface area contributed by atoms with E-state index in [1.165, 1.54) is 0 Å². The lowest BCUT2D eigenvalue weighted by molar-refractivity contribution is 0.267. The summed E-state index contributed by atoms with van der Waals surface area (Å²) in [4.78, 5) is 0. The van der Waals surface area contributed by atoms with Crippen molar-refractivity contribution in [2.24, 2.45) is 0 Å². The second-order valence-corrected chi connectivity index (χ2v) is 5.35. The van der Waals surface area contributed by atoms with Gasteiger partial charge in [0, 0.05) is 16.7 Å². The van der Waals surface area contributed by atoms with Gasteiger partial charge in [-0.25, -0.2) is 0 Å². The van der Waals surface area contributed by atoms with Gasteiger partial charge in [0.2, 0.25) is 0 Å². The van der Waals surface area contributed by atoms with E-state index in [1.807, 2.05) is 31.2 Å². The second-order valence-electron chi connectivity index (χ2n) is 4.92. The van der Waals surface area contributed by atoms with Crippen molar-refractivity contribution < 1.29 is 9.47 Å². The average Bonchev–Trinajstić information content (AvgIpc) is 2.56. The van der Waals surface area contributed by atoms with Gasteiger partial charge >= 0.3 is 0 Å². The first-order valence-corrected chi connectivity index (χ1v) is 7.73. The summed E-state index contributed by atoms with van der Waals surface area (Å²) in [6, 6.07) is 13.1. The highest BCUT2D eigenvalue weighted by atomic mass is 35.5. The minimum absolute atomic E-state index is 0.396. The van der Waals surface area contributed by atoms with E-state index in [4.69, 9.17) is 26.3 Å². The minimum atomic E-state index is 0.396. The molecule has 0 heterocycles. The molecular weight excluding hydrogens is 310 g/mol. The predicted molar refractivity (Wildman–Crippen MR) is 92.0 cm³/mol. The number of nitrogens with zero attached hydrogens (tertiary/aromatic N) is 1. The van der Waals surface area contributed by atoms with Crippen LogP contribution in [0.25, 0.3) is 0 Å². The number of allylic oxidation sites excluding steroid dienone is 1. The average molecular weight is 328 g/mol. The molecule has 0 atom stereocenters. The first-order chi connectivity index (χ1) is 11.2. The van der Waals surface area contributed by atoms with Crippen molar-refractivity contribution in [3.63, 3.8) is 0 Å². The molecule has 0 aliphatic heterocycles. The number of hydrogen-bond acceptors (Lipinski definition) is 3. The van der Waals surface area contributed by atoms with Crippen LogP contribution >= 0.6 is 11.6 Å². The first-order valence-electron chi connectivity index (χ1n) is 7.35. The molecule has 0 N–H and O–H groups in total. The molecule has 0 aromatic heterocycles. The molecule has 0 radical (unpaired) electrons. The van der Waals surface area contributed by atoms with Crippen LogP contribution < -0.4 is 9.47 Å². The maximum Gasteiger partial charge on any atom is 0.165 e. The second kappa shape index (κ2) is 8.26. The van der Waals surface area contributed by atoms with Crippen molar-refractivity contribution in [3.8, 4) is 17.6 Å². The van der Waals surface area contributed by atoms with Crippen molar-refractivity contribution in [2.75, 3.05) is 6.61 Å². The number of nitriles is 1. The van der Waals surface area contributed by atoms with Gasteiger partial charge in [-0.2, -0.15) is 5.26 Å². The van der Waals surface area contributed by atoms with Crippen molar-refractivity contribution in [3.05, 3.63) is 70.8 Å². The smallest absolute Gasteiger partial charge is 0.165 e. The number of halogens is 1. The molecule has 0 unspecified atom stereocenters. The molecule has 0 saturated heterocycles. The third kappa shape index (κ3) is 4.51. The van der Waals surface area contributed by atoms with Crippen LogP contribution in [-0.2, 0) is 13.0 Å². The lowest BCUT2D eigenvalue weighted by Crippen LogP contribution is -2.03. The van der Waals surface area contributed by atoms with Gasteiger partial charge in [-0.05, 0) is 37.1 Å². The Morgan fingerprint density at radius 3 is 2.57 bits per heavy atom. The zero-order chi connectivity index (χ0) is 16.7. The Balaban J connectivity index is 2.31. The van der Waals surface area contributed by atoms with E-state index in [9.17, 15) is 0 Å². The van der Waals surface area contributed by atoms with E-state index in [0.717, 1.165) is 11.1 Å². The van der Waals surface area contributed by atoms with Crippen LogP contribution in [0.2, 0.25) is 5.02 Å². The van der Waals surface area contributed by atoms with Gasteiger partial charge < -0.3 is 9.47 Å². The molecule has 0 spiro atoms. The quantitative estimate of drug-likeness (QED) is 0.678. The summed E-state index contributed by atoms with van der Waals surface area (Å²) in [5.41, 5.74) is 2.44. The molecule has 4 heteroatoms. The minimum Gasteiger partial charge on any atom is -0.490 e. The lowest BCUT2D eigenvalue weighted by atomic mass is 10.1. The summed E-state index contributed by atoms with van der Waals surface area (Å²) in [5.74, 6) is 1.23. The lowest BCUT2D eigenvalue weighted by Gasteiger charge is -2.16. The standard InChI is InChI=1S/C19H18ClNO2/c1-3-5-16-10-15(12-21)11-18(22-4-2)19(16)23-13-14-6-8-17(20)9-7-14/h3,6-11H,1,4-5,13H2,2H3. The van der Waals surface area contributed by atoms with Gasteiger partial charge in [-0.15, -0.1) is 6.58 Å². The third-order valence-electron chi connectivity index (χ3n) is 3.22. The van der Waals surface area contributed by atoms with Gasteiger partial charge in [0.05, 0.1) is 18.2 Å². The predicted octanol–water partition coefficient (Wildman–Crippen LogP) is 4.92. The molecule has 0 bridgehead atoms. The Morgan fingerprint density at radius 1 is 1.22 bits per heavy atom. The van der Waals surface area contributed by atoms with E-state index in [2.05, 4.69) is 12.6 Å². The molecule has 2 aromatic rings. The zero-order valence-electron chi connectivity index (χ0n) is 13.0. The summed E-state index contributed by atoms with van der Waals surface area (Å²) in [6.07, 6.45) is 2.38. The maximum atomic E-state index is 9.16. The monoisotopic (exact) mass is 327 g/mol. The Bertz CT molecular complexity index is 717. The highest BCUT2D eigenvalue weighted by molar-refractivity contribution is 6.30. The van der Waals surface area contributed by atoms with E-state index in [1.54, 1.807) is 18.2 Å². The maximum absolute atomic E-state index is 9.16. The Hall–Kier alpha value is -2.44. The Kier molecular flexibility index (Phi) is 6.08. The van der Waals surface area contributed by atoms with E-state index >= 15 is 0 Å². The number of benzene rings is 2. The highest BCUT2D eigenvalue weighted by Gasteiger charge is 2.13. The van der Waals surface area contributed by atoms with Crippen LogP contribution in [-0.4, -0.2) is 6.61 Å². The van der Waals surface area contributed by atoms with E-state index in [0.29, 0.717) is 41.7 Å². The number of hydrogen-bond donors (Lipinski definition) is 0. The normalized spacial score (nSPS) is 9.96. The van der Waals surface area contributed by atoms with Gasteiger partial charge in [-0.3, -0.25) is 0 Å². The van der Waals surface area contributed by atoms with Crippen molar-refractivity contribution in [1.82, 2.24) is 0 Å². The molecule has 118 valence electrons. The summed E-state index contributed by atoms with van der Waals surface area (Å²) >= 11 is 5.89. The van der Waals surface area contributed by atoms with Crippen LogP contribution in [0.15, 0.2) is 49.1 Å². The topological polar surface area (TPSA) is 42.2 Å². The van der Waals surface area contributed by atoms with Gasteiger partial charge in [0.15, 0.2) is 11.5 Å². The summed E-state index contributed by atoms with van der Waals surface area (Å²) < 4.78 is 11.6. The van der Waals surface area contributed by atoms with Crippen molar-refractivity contribution >= 4 is 11.6 Å². The molecule has 23 heavy (non-hydrogen) atoms. The Morgan fingerprint density at radius 2 is 1.96 bits per heavy atom. The fraction of sp³-hybridized carbons (Fsp3) is 0.211. The van der Waals surface area contributed by atoms with Crippen LogP contribution in [0.3, 0.4) is 0 Å². The van der Waals surface area contributed by atoms with Crippen LogP contribution in [0.5, 0.6) is 11.5 Å². The molecule has 2 aromatic carbocycles. The molecule has 2 rings (SSSR count). The third-order valence-corrected chi connectivity index (χ3v) is 3.47. The fourth-order valence-electron chi connectivity index (χ4n) is 2.19.